The Morgan fingerprint density at radius 3 is 2.90 bits per heavy atom. The van der Waals surface area contributed by atoms with E-state index < -0.39 is 6.09 Å². The summed E-state index contributed by atoms with van der Waals surface area (Å²) < 4.78 is 5.30. The smallest absolute Gasteiger partial charge is 0.415 e. The van der Waals surface area contributed by atoms with Gasteiger partial charge >= 0.3 is 6.09 Å². The van der Waals surface area contributed by atoms with E-state index in [1.54, 1.807) is 6.07 Å². The van der Waals surface area contributed by atoms with Gasteiger partial charge in [0.05, 0.1) is 0 Å². The zero-order chi connectivity index (χ0) is 14.7. The lowest BCUT2D eigenvalue weighted by atomic mass is 10.2. The Morgan fingerprint density at radius 2 is 2.14 bits per heavy atom. The van der Waals surface area contributed by atoms with Gasteiger partial charge in [-0.05, 0) is 23.6 Å². The van der Waals surface area contributed by atoms with Gasteiger partial charge in [-0.15, -0.1) is 0 Å². The van der Waals surface area contributed by atoms with Crippen LogP contribution in [0.25, 0.3) is 0 Å². The van der Waals surface area contributed by atoms with E-state index >= 15 is 0 Å². The van der Waals surface area contributed by atoms with Crippen molar-refractivity contribution in [3.8, 4) is 0 Å². The van der Waals surface area contributed by atoms with Crippen LogP contribution in [-0.2, 0) is 17.8 Å². The second-order valence-corrected chi connectivity index (χ2v) is 4.81. The molecule has 2 heterocycles. The molecule has 0 bridgehead atoms. The average molecular weight is 282 g/mol. The number of aromatic nitrogens is 1. The van der Waals surface area contributed by atoms with E-state index in [2.05, 4.69) is 4.98 Å². The van der Waals surface area contributed by atoms with Crippen LogP contribution >= 0.6 is 0 Å². The molecular weight excluding hydrogens is 268 g/mol. The van der Waals surface area contributed by atoms with E-state index in [1.165, 1.54) is 11.1 Å². The number of ether oxygens (including phenoxy) is 1. The predicted molar refractivity (Wildman–Crippen MR) is 77.3 cm³/mol. The van der Waals surface area contributed by atoms with Crippen LogP contribution in [0.1, 0.15) is 21.5 Å². The van der Waals surface area contributed by atoms with Crippen molar-refractivity contribution in [1.29, 1.82) is 0 Å². The van der Waals surface area contributed by atoms with Gasteiger partial charge in [0.2, 0.25) is 0 Å². The van der Waals surface area contributed by atoms with Gasteiger partial charge in [-0.3, -0.25) is 9.69 Å². The molecule has 0 atom stereocenters. The van der Waals surface area contributed by atoms with Crippen LogP contribution < -0.4 is 4.90 Å². The topological polar surface area (TPSA) is 59.5 Å². The standard InChI is InChI=1S/C16H14N2O3/c19-10-13-8-14-6-7-18(15(14)17-9-13)16(20)21-11-12-4-2-1-3-5-12/h1-5,8-10H,6-7,11H2. The minimum absolute atomic E-state index is 0.234. The van der Waals surface area contributed by atoms with Crippen LogP contribution in [0.5, 0.6) is 0 Å². The number of carbonyl (C=O) groups excluding carboxylic acids is 2. The van der Waals surface area contributed by atoms with E-state index in [1.807, 2.05) is 30.3 Å². The second kappa shape index (κ2) is 5.75. The molecule has 0 aliphatic carbocycles. The molecule has 1 aromatic heterocycles. The van der Waals surface area contributed by atoms with Gasteiger partial charge in [0, 0.05) is 18.3 Å². The third-order valence-corrected chi connectivity index (χ3v) is 3.39. The first-order chi connectivity index (χ1) is 10.3. The van der Waals surface area contributed by atoms with Gasteiger partial charge in [-0.1, -0.05) is 30.3 Å². The van der Waals surface area contributed by atoms with Gasteiger partial charge in [0.25, 0.3) is 0 Å². The maximum absolute atomic E-state index is 12.1. The molecule has 1 aromatic carbocycles. The predicted octanol–water partition coefficient (Wildman–Crippen LogP) is 2.59. The van der Waals surface area contributed by atoms with Crippen molar-refractivity contribution in [2.45, 2.75) is 13.0 Å². The highest BCUT2D eigenvalue weighted by Gasteiger charge is 2.27. The molecule has 0 spiro atoms. The second-order valence-electron chi connectivity index (χ2n) is 4.81. The Labute approximate surface area is 122 Å². The summed E-state index contributed by atoms with van der Waals surface area (Å²) in [6, 6.07) is 11.3. The average Bonchev–Trinajstić information content (AvgIpc) is 2.96. The summed E-state index contributed by atoms with van der Waals surface area (Å²) in [7, 11) is 0. The number of benzene rings is 1. The summed E-state index contributed by atoms with van der Waals surface area (Å²) in [5.41, 5.74) is 2.36. The maximum Gasteiger partial charge on any atom is 0.415 e. The number of amides is 1. The number of rotatable bonds is 3. The lowest BCUT2D eigenvalue weighted by Gasteiger charge is -2.16. The minimum atomic E-state index is -0.413. The molecule has 5 heteroatoms. The molecular formula is C16H14N2O3. The Bertz CT molecular complexity index is 670. The normalized spacial score (nSPS) is 12.9. The zero-order valence-corrected chi connectivity index (χ0v) is 11.4. The third-order valence-electron chi connectivity index (χ3n) is 3.39. The molecule has 0 unspecified atom stereocenters. The quantitative estimate of drug-likeness (QED) is 0.812. The molecule has 0 N–H and O–H groups in total. The van der Waals surface area contributed by atoms with Crippen molar-refractivity contribution in [3.63, 3.8) is 0 Å². The Morgan fingerprint density at radius 1 is 1.33 bits per heavy atom. The van der Waals surface area contributed by atoms with E-state index in [0.717, 1.165) is 17.4 Å². The number of fused-ring (bicyclic) bond motifs is 1. The van der Waals surface area contributed by atoms with E-state index in [9.17, 15) is 9.59 Å². The lowest BCUT2D eigenvalue weighted by molar-refractivity contribution is 0.112. The molecule has 0 fully saturated rings. The van der Waals surface area contributed by atoms with Gasteiger partial charge in [-0.25, -0.2) is 9.78 Å². The lowest BCUT2D eigenvalue weighted by Crippen LogP contribution is -2.30. The highest BCUT2D eigenvalue weighted by atomic mass is 16.6. The molecule has 5 nitrogen and oxygen atoms in total. The van der Waals surface area contributed by atoms with Crippen LogP contribution in [0.4, 0.5) is 10.6 Å². The highest BCUT2D eigenvalue weighted by Crippen LogP contribution is 2.26. The maximum atomic E-state index is 12.1. The first-order valence-electron chi connectivity index (χ1n) is 6.70. The molecule has 1 amide bonds. The van der Waals surface area contributed by atoms with E-state index in [4.69, 9.17) is 4.74 Å². The fourth-order valence-corrected chi connectivity index (χ4v) is 2.33. The van der Waals surface area contributed by atoms with Crippen molar-refractivity contribution in [1.82, 2.24) is 4.98 Å². The summed E-state index contributed by atoms with van der Waals surface area (Å²) in [5, 5.41) is 0. The number of pyridine rings is 1. The van der Waals surface area contributed by atoms with Crippen molar-refractivity contribution in [3.05, 3.63) is 59.3 Å². The molecule has 3 rings (SSSR count). The number of carbonyl (C=O) groups is 2. The van der Waals surface area contributed by atoms with Crippen molar-refractivity contribution in [2.75, 3.05) is 11.4 Å². The fourth-order valence-electron chi connectivity index (χ4n) is 2.33. The van der Waals surface area contributed by atoms with Gasteiger partial charge in [0.1, 0.15) is 12.4 Å². The third kappa shape index (κ3) is 2.76. The highest BCUT2D eigenvalue weighted by molar-refractivity contribution is 5.89. The molecule has 1 aliphatic rings. The van der Waals surface area contributed by atoms with Crippen molar-refractivity contribution in [2.24, 2.45) is 0 Å². The van der Waals surface area contributed by atoms with Crippen LogP contribution in [0, 0.1) is 0 Å². The van der Waals surface area contributed by atoms with Gasteiger partial charge in [0.15, 0.2) is 6.29 Å². The van der Waals surface area contributed by atoms with Crippen LogP contribution in [0.15, 0.2) is 42.6 Å². The van der Waals surface area contributed by atoms with E-state index in [-0.39, 0.29) is 6.61 Å². The molecule has 1 aliphatic heterocycles. The molecule has 0 saturated heterocycles. The number of hydrogen-bond acceptors (Lipinski definition) is 4. The Balaban J connectivity index is 1.69. The Hall–Kier alpha value is -2.69. The van der Waals surface area contributed by atoms with Crippen LogP contribution in [0.3, 0.4) is 0 Å². The molecule has 21 heavy (non-hydrogen) atoms. The van der Waals surface area contributed by atoms with Gasteiger partial charge < -0.3 is 4.74 Å². The van der Waals surface area contributed by atoms with Crippen molar-refractivity contribution >= 4 is 18.2 Å². The summed E-state index contributed by atoms with van der Waals surface area (Å²) >= 11 is 0. The SMILES string of the molecule is O=Cc1cnc2c(c1)CCN2C(=O)OCc1ccccc1. The number of aldehydes is 1. The largest absolute Gasteiger partial charge is 0.444 e. The van der Waals surface area contributed by atoms with E-state index in [0.29, 0.717) is 24.3 Å². The van der Waals surface area contributed by atoms with Crippen molar-refractivity contribution < 1.29 is 14.3 Å². The monoisotopic (exact) mass is 282 g/mol. The fraction of sp³-hybridized carbons (Fsp3) is 0.188. The van der Waals surface area contributed by atoms with Gasteiger partial charge in [-0.2, -0.15) is 0 Å². The first kappa shape index (κ1) is 13.3. The molecule has 2 aromatic rings. The number of hydrogen-bond donors (Lipinski definition) is 0. The Kier molecular flexibility index (Phi) is 3.64. The summed E-state index contributed by atoms with van der Waals surface area (Å²) in [4.78, 5) is 28.6. The first-order valence-corrected chi connectivity index (χ1v) is 6.70. The summed E-state index contributed by atoms with van der Waals surface area (Å²) in [6.07, 6.45) is 2.49. The minimum Gasteiger partial charge on any atom is -0.444 e. The molecule has 106 valence electrons. The van der Waals surface area contributed by atoms with Crippen LogP contribution in [-0.4, -0.2) is 23.9 Å². The summed E-state index contributed by atoms with van der Waals surface area (Å²) in [6.45, 7) is 0.760. The summed E-state index contributed by atoms with van der Waals surface area (Å²) in [5.74, 6) is 0.582. The van der Waals surface area contributed by atoms with Crippen LogP contribution in [0.2, 0.25) is 0 Å². The zero-order valence-electron chi connectivity index (χ0n) is 11.4. The molecule has 0 radical (unpaired) electrons. The number of nitrogens with zero attached hydrogens (tertiary/aromatic N) is 2. The number of anilines is 1. The molecule has 0 saturated carbocycles.